The highest BCUT2D eigenvalue weighted by Crippen LogP contribution is 2.37. The molecule has 1 unspecified atom stereocenters. The van der Waals surface area contributed by atoms with Crippen molar-refractivity contribution in [2.24, 2.45) is 5.92 Å². The summed E-state index contributed by atoms with van der Waals surface area (Å²) in [5, 5.41) is -0.498. The molecule has 1 aromatic rings. The molecule has 0 radical (unpaired) electrons. The van der Waals surface area contributed by atoms with E-state index in [-0.39, 0.29) is 21.3 Å². The molecule has 0 saturated heterocycles. The zero-order valence-electron chi connectivity index (χ0n) is 15.5. The molecular weight excluding hydrogens is 384 g/mol. The molecule has 0 N–H and O–H groups in total. The van der Waals surface area contributed by atoms with Gasteiger partial charge in [-0.3, -0.25) is 0 Å². The molecule has 0 fully saturated rings. The first-order valence-electron chi connectivity index (χ1n) is 8.75. The van der Waals surface area contributed by atoms with Crippen LogP contribution in [-0.4, -0.2) is 31.5 Å². The Morgan fingerprint density at radius 2 is 1.74 bits per heavy atom. The van der Waals surface area contributed by atoms with Crippen molar-refractivity contribution in [1.82, 2.24) is 0 Å². The van der Waals surface area contributed by atoms with E-state index >= 15 is 0 Å². The first kappa shape index (κ1) is 21.0. The zero-order valence-corrected chi connectivity index (χ0v) is 17.1. The number of hydrogen-bond acceptors (Lipinski definition) is 4. The van der Waals surface area contributed by atoms with Crippen LogP contribution >= 0.6 is 0 Å². The van der Waals surface area contributed by atoms with Gasteiger partial charge < -0.3 is 5.53 Å². The predicted molar refractivity (Wildman–Crippen MR) is 106 cm³/mol. The van der Waals surface area contributed by atoms with Crippen molar-refractivity contribution < 1.29 is 21.6 Å². The molecule has 1 aromatic carbocycles. The Kier molecular flexibility index (Phi) is 6.70. The maximum Gasteiger partial charge on any atom is 0.416 e. The summed E-state index contributed by atoms with van der Waals surface area (Å²) in [6.07, 6.45) is 2.74. The number of nitrogens with zero attached hydrogens (tertiary/aromatic N) is 2. The third-order valence-electron chi connectivity index (χ3n) is 4.71. The van der Waals surface area contributed by atoms with Crippen LogP contribution in [0.4, 0.5) is 0 Å². The fourth-order valence-corrected chi connectivity index (χ4v) is 6.00. The number of sulfone groups is 1. The molecule has 1 aliphatic carbocycles. The Hall–Kier alpha value is -2.28. The normalized spacial score (nSPS) is 17.4. The van der Waals surface area contributed by atoms with Crippen LogP contribution in [0.25, 0.3) is 5.53 Å². The minimum Gasteiger partial charge on any atom is -0.360 e. The predicted octanol–water partition coefficient (Wildman–Crippen LogP) is 3.17. The molecule has 0 heterocycles. The summed E-state index contributed by atoms with van der Waals surface area (Å²) in [6.45, 7) is 5.59. The molecule has 0 bridgehead atoms. The van der Waals surface area contributed by atoms with Crippen LogP contribution < -0.4 is 0 Å². The van der Waals surface area contributed by atoms with Gasteiger partial charge in [0.2, 0.25) is 10.3 Å². The van der Waals surface area contributed by atoms with Crippen molar-refractivity contribution in [3.63, 3.8) is 0 Å². The summed E-state index contributed by atoms with van der Waals surface area (Å²) in [5.74, 6) is -0.339. The number of benzene rings is 1. The summed E-state index contributed by atoms with van der Waals surface area (Å²) in [4.78, 5) is 2.98. The summed E-state index contributed by atoms with van der Waals surface area (Å²) in [7, 11) is -6.77. The Morgan fingerprint density at radius 1 is 1.11 bits per heavy atom. The van der Waals surface area contributed by atoms with Gasteiger partial charge >= 0.3 is 5.04 Å². The third kappa shape index (κ3) is 3.88. The summed E-state index contributed by atoms with van der Waals surface area (Å²) in [5.41, 5.74) is 11.1. The van der Waals surface area contributed by atoms with Gasteiger partial charge in [0, 0.05) is 5.92 Å². The smallest absolute Gasteiger partial charge is 0.360 e. The molecule has 0 spiro atoms. The van der Waals surface area contributed by atoms with Crippen LogP contribution in [0.3, 0.4) is 0 Å². The van der Waals surface area contributed by atoms with Crippen molar-refractivity contribution in [3.8, 4) is 0 Å². The minimum atomic E-state index is -4.22. The number of allylic oxidation sites excluding steroid dienone is 3. The van der Waals surface area contributed by atoms with Gasteiger partial charge in [0.05, 0.1) is 15.3 Å². The van der Waals surface area contributed by atoms with E-state index in [0.717, 1.165) is 5.57 Å². The second-order valence-electron chi connectivity index (χ2n) is 6.09. The third-order valence-corrected chi connectivity index (χ3v) is 7.27. The summed E-state index contributed by atoms with van der Waals surface area (Å²) in [6, 6.07) is 8.04. The monoisotopic (exact) mass is 406 g/mol. The molecule has 1 aliphatic rings. The quantitative estimate of drug-likeness (QED) is 0.246. The van der Waals surface area contributed by atoms with Crippen molar-refractivity contribution in [1.29, 1.82) is 0 Å². The van der Waals surface area contributed by atoms with Crippen molar-refractivity contribution in [2.75, 3.05) is 0 Å². The van der Waals surface area contributed by atoms with E-state index in [1.165, 1.54) is 18.2 Å². The zero-order chi connectivity index (χ0) is 20.2. The molecular formula is C19H22N2O4S2. The average molecular weight is 407 g/mol. The lowest BCUT2D eigenvalue weighted by Crippen LogP contribution is -2.28. The van der Waals surface area contributed by atoms with Crippen molar-refractivity contribution >= 4 is 30.0 Å². The number of rotatable bonds is 5. The largest absolute Gasteiger partial charge is 0.416 e. The van der Waals surface area contributed by atoms with Gasteiger partial charge in [-0.1, -0.05) is 44.5 Å². The standard InChI is InChI=1S/C19H22N2O4S2/c1-4-14-15(5-2)17(26(22)23)12-18(16(14)6-3)27(24,25)19(21-20)13-10-8-7-9-11-13/h7-12,15H,4-6H2,1-3H3. The van der Waals surface area contributed by atoms with Crippen LogP contribution in [0.2, 0.25) is 0 Å². The molecule has 6 nitrogen and oxygen atoms in total. The molecule has 0 saturated carbocycles. The molecule has 2 rings (SSSR count). The lowest BCUT2D eigenvalue weighted by atomic mass is 9.82. The van der Waals surface area contributed by atoms with Crippen LogP contribution in [0.5, 0.6) is 0 Å². The van der Waals surface area contributed by atoms with Gasteiger partial charge in [-0.2, -0.15) is 13.2 Å². The molecule has 1 atom stereocenters. The Bertz CT molecular complexity index is 1080. The SMILES string of the molecule is CCC1=C(CC)C(CC)C(=S(=O)=O)C=C1S(=O)(=O)C(=[N+]=[N-])c1ccccc1. The summed E-state index contributed by atoms with van der Waals surface area (Å²) >= 11 is 0. The second-order valence-corrected chi connectivity index (χ2v) is 8.87. The first-order chi connectivity index (χ1) is 12.8. The van der Waals surface area contributed by atoms with E-state index in [1.54, 1.807) is 18.2 Å². The van der Waals surface area contributed by atoms with Gasteiger partial charge in [0.15, 0.2) is 0 Å². The highest BCUT2D eigenvalue weighted by atomic mass is 32.2. The fraction of sp³-hybridized carbons (Fsp3) is 0.368. The van der Waals surface area contributed by atoms with Crippen molar-refractivity contribution in [2.45, 2.75) is 40.0 Å². The molecule has 0 aliphatic heterocycles. The van der Waals surface area contributed by atoms with Gasteiger partial charge in [-0.15, -0.1) is 0 Å². The minimum absolute atomic E-state index is 0.0514. The van der Waals surface area contributed by atoms with E-state index in [0.29, 0.717) is 24.8 Å². The maximum absolute atomic E-state index is 13.3. The maximum atomic E-state index is 13.3. The topological polar surface area (TPSA) is 105 Å². The highest BCUT2D eigenvalue weighted by molar-refractivity contribution is 8.10. The van der Waals surface area contributed by atoms with Crippen LogP contribution in [-0.2, 0) is 20.1 Å². The molecule has 8 heteroatoms. The van der Waals surface area contributed by atoms with E-state index in [2.05, 4.69) is 4.79 Å². The lowest BCUT2D eigenvalue weighted by Gasteiger charge is -2.27. The molecule has 0 amide bonds. The Balaban J connectivity index is 2.83. The Labute approximate surface area is 161 Å². The van der Waals surface area contributed by atoms with Crippen LogP contribution in [0.15, 0.2) is 52.5 Å². The van der Waals surface area contributed by atoms with E-state index in [1.807, 2.05) is 20.8 Å². The van der Waals surface area contributed by atoms with Gasteiger partial charge in [0.25, 0.3) is 9.84 Å². The van der Waals surface area contributed by atoms with E-state index < -0.39 is 25.2 Å². The van der Waals surface area contributed by atoms with Crippen molar-refractivity contribution in [3.05, 3.63) is 63.6 Å². The molecule has 144 valence electrons. The number of hydrogen-bond donors (Lipinski definition) is 0. The molecule has 0 aromatic heterocycles. The van der Waals surface area contributed by atoms with Gasteiger partial charge in [-0.25, -0.2) is 8.42 Å². The summed E-state index contributed by atoms with van der Waals surface area (Å²) < 4.78 is 50.2. The average Bonchev–Trinajstić information content (AvgIpc) is 2.66. The van der Waals surface area contributed by atoms with Gasteiger partial charge in [0.1, 0.15) is 0 Å². The Morgan fingerprint density at radius 3 is 2.19 bits per heavy atom. The van der Waals surface area contributed by atoms with Crippen LogP contribution in [0.1, 0.15) is 45.6 Å². The van der Waals surface area contributed by atoms with Gasteiger partial charge in [-0.05, 0) is 43.0 Å². The van der Waals surface area contributed by atoms with E-state index in [4.69, 9.17) is 0 Å². The molecule has 27 heavy (non-hydrogen) atoms. The van der Waals surface area contributed by atoms with E-state index in [9.17, 15) is 22.4 Å². The lowest BCUT2D eigenvalue weighted by molar-refractivity contribution is 0.000685. The van der Waals surface area contributed by atoms with Crippen LogP contribution in [0, 0.1) is 5.92 Å². The first-order valence-corrected chi connectivity index (χ1v) is 11.3. The second kappa shape index (κ2) is 8.61. The fourth-order valence-electron chi connectivity index (χ4n) is 3.52. The highest BCUT2D eigenvalue weighted by Gasteiger charge is 2.40.